The van der Waals surface area contributed by atoms with Gasteiger partial charge >= 0.3 is 0 Å². The van der Waals surface area contributed by atoms with Gasteiger partial charge < -0.3 is 0 Å². The third-order valence-electron chi connectivity index (χ3n) is 5.33. The minimum Gasteiger partial charge on any atom is -0.268 e. The summed E-state index contributed by atoms with van der Waals surface area (Å²) in [5.74, 6) is -0.260. The molecule has 1 aliphatic heterocycles. The predicted molar refractivity (Wildman–Crippen MR) is 137 cm³/mol. The first-order valence-corrected chi connectivity index (χ1v) is 12.3. The Morgan fingerprint density at radius 3 is 2.42 bits per heavy atom. The molecule has 0 bridgehead atoms. The summed E-state index contributed by atoms with van der Waals surface area (Å²) in [5, 5.41) is 2.58. The Labute approximate surface area is 205 Å². The maximum atomic E-state index is 13.2. The van der Waals surface area contributed by atoms with E-state index >= 15 is 0 Å². The number of amides is 2. The molecule has 1 fully saturated rings. The van der Waals surface area contributed by atoms with Gasteiger partial charge in [0.05, 0.1) is 11.4 Å². The SMILES string of the molecule is O=C1S/C(=C\c2ccccc2Sc2ccc(Cl)cc2)C(=O)N1Cc1cccc2ccccc12. The molecule has 6 heteroatoms. The monoisotopic (exact) mass is 487 g/mol. The minimum absolute atomic E-state index is 0.248. The number of rotatable bonds is 5. The van der Waals surface area contributed by atoms with Crippen molar-refractivity contribution in [3.63, 3.8) is 0 Å². The minimum atomic E-state index is -0.260. The standard InChI is InChI=1S/C27H18ClNO2S2/c28-21-12-14-22(15-13-21)32-24-11-4-2-7-19(24)16-25-26(30)29(27(31)33-25)17-20-9-5-8-18-6-1-3-10-23(18)20/h1-16H,17H2/b25-16-. The van der Waals surface area contributed by atoms with Crippen LogP contribution in [0.2, 0.25) is 5.02 Å². The van der Waals surface area contributed by atoms with E-state index in [1.54, 1.807) is 11.8 Å². The molecule has 0 aromatic heterocycles. The maximum absolute atomic E-state index is 13.2. The van der Waals surface area contributed by atoms with E-state index in [0.29, 0.717) is 9.93 Å². The molecule has 1 aliphatic rings. The molecule has 0 atom stereocenters. The first kappa shape index (κ1) is 21.8. The normalized spacial score (nSPS) is 15.1. The van der Waals surface area contributed by atoms with Crippen LogP contribution in [0.4, 0.5) is 4.79 Å². The van der Waals surface area contributed by atoms with Gasteiger partial charge in [0, 0.05) is 14.8 Å². The van der Waals surface area contributed by atoms with Crippen molar-refractivity contribution in [1.82, 2.24) is 4.90 Å². The van der Waals surface area contributed by atoms with Gasteiger partial charge in [0.15, 0.2) is 0 Å². The van der Waals surface area contributed by atoms with Gasteiger partial charge in [0.25, 0.3) is 11.1 Å². The van der Waals surface area contributed by atoms with Crippen LogP contribution in [0, 0.1) is 0 Å². The largest absolute Gasteiger partial charge is 0.293 e. The van der Waals surface area contributed by atoms with Crippen molar-refractivity contribution < 1.29 is 9.59 Å². The molecule has 0 radical (unpaired) electrons. The fourth-order valence-electron chi connectivity index (χ4n) is 3.70. The fourth-order valence-corrected chi connectivity index (χ4v) is 5.57. The predicted octanol–water partition coefficient (Wildman–Crippen LogP) is 7.88. The maximum Gasteiger partial charge on any atom is 0.293 e. The van der Waals surface area contributed by atoms with Gasteiger partial charge in [-0.25, -0.2) is 0 Å². The van der Waals surface area contributed by atoms with Crippen LogP contribution in [0.25, 0.3) is 16.8 Å². The van der Waals surface area contributed by atoms with Crippen LogP contribution in [0.3, 0.4) is 0 Å². The van der Waals surface area contributed by atoms with E-state index in [0.717, 1.165) is 43.5 Å². The van der Waals surface area contributed by atoms with Crippen LogP contribution < -0.4 is 0 Å². The highest BCUT2D eigenvalue weighted by molar-refractivity contribution is 8.18. The molecular weight excluding hydrogens is 470 g/mol. The van der Waals surface area contributed by atoms with Gasteiger partial charge in [-0.15, -0.1) is 0 Å². The summed E-state index contributed by atoms with van der Waals surface area (Å²) in [6.07, 6.45) is 1.81. The van der Waals surface area contributed by atoms with Gasteiger partial charge in [-0.2, -0.15) is 0 Å². The summed E-state index contributed by atoms with van der Waals surface area (Å²) >= 11 is 8.58. The summed E-state index contributed by atoms with van der Waals surface area (Å²) in [4.78, 5) is 29.7. The van der Waals surface area contributed by atoms with Gasteiger partial charge in [-0.3, -0.25) is 14.5 Å². The van der Waals surface area contributed by atoms with E-state index in [-0.39, 0.29) is 17.7 Å². The fraction of sp³-hybridized carbons (Fsp3) is 0.0370. The zero-order valence-electron chi connectivity index (χ0n) is 17.4. The van der Waals surface area contributed by atoms with Crippen molar-refractivity contribution in [3.05, 3.63) is 112 Å². The molecule has 0 N–H and O–H groups in total. The molecule has 0 saturated carbocycles. The summed E-state index contributed by atoms with van der Waals surface area (Å²) in [5.41, 5.74) is 1.85. The van der Waals surface area contributed by atoms with Crippen molar-refractivity contribution in [2.45, 2.75) is 16.3 Å². The Morgan fingerprint density at radius 1 is 0.848 bits per heavy atom. The van der Waals surface area contributed by atoms with Crippen LogP contribution in [-0.4, -0.2) is 16.0 Å². The second-order valence-electron chi connectivity index (χ2n) is 7.50. The van der Waals surface area contributed by atoms with Gasteiger partial charge in [0.1, 0.15) is 0 Å². The molecule has 1 saturated heterocycles. The first-order chi connectivity index (χ1) is 16.1. The Morgan fingerprint density at radius 2 is 1.58 bits per heavy atom. The lowest BCUT2D eigenvalue weighted by atomic mass is 10.0. The topological polar surface area (TPSA) is 37.4 Å². The van der Waals surface area contributed by atoms with E-state index < -0.39 is 0 Å². The lowest BCUT2D eigenvalue weighted by Crippen LogP contribution is -2.27. The molecule has 162 valence electrons. The van der Waals surface area contributed by atoms with E-state index in [2.05, 4.69) is 0 Å². The molecule has 0 spiro atoms. The van der Waals surface area contributed by atoms with Crippen LogP contribution >= 0.6 is 35.1 Å². The van der Waals surface area contributed by atoms with Crippen molar-refractivity contribution >= 4 is 63.1 Å². The molecule has 2 amide bonds. The molecule has 33 heavy (non-hydrogen) atoms. The first-order valence-electron chi connectivity index (χ1n) is 10.3. The van der Waals surface area contributed by atoms with E-state index in [4.69, 9.17) is 11.6 Å². The second kappa shape index (κ2) is 9.48. The summed E-state index contributed by atoms with van der Waals surface area (Å²) in [6, 6.07) is 29.4. The number of nitrogens with zero attached hydrogens (tertiary/aromatic N) is 1. The number of hydrogen-bond donors (Lipinski definition) is 0. The third-order valence-corrected chi connectivity index (χ3v) is 7.59. The number of thioether (sulfide) groups is 1. The number of carbonyl (C=O) groups excluding carboxylic acids is 2. The molecule has 5 rings (SSSR count). The van der Waals surface area contributed by atoms with Gasteiger partial charge in [0.2, 0.25) is 0 Å². The number of halogens is 1. The number of fused-ring (bicyclic) bond motifs is 1. The molecule has 0 aliphatic carbocycles. The molecule has 0 unspecified atom stereocenters. The summed E-state index contributed by atoms with van der Waals surface area (Å²) in [7, 11) is 0. The number of hydrogen-bond acceptors (Lipinski definition) is 4. The van der Waals surface area contributed by atoms with Crippen LogP contribution in [0.15, 0.2) is 106 Å². The van der Waals surface area contributed by atoms with Crippen molar-refractivity contribution in [1.29, 1.82) is 0 Å². The highest BCUT2D eigenvalue weighted by Crippen LogP contribution is 2.37. The smallest absolute Gasteiger partial charge is 0.268 e. The molecule has 1 heterocycles. The zero-order chi connectivity index (χ0) is 22.8. The Bertz CT molecular complexity index is 1390. The highest BCUT2D eigenvalue weighted by Gasteiger charge is 2.35. The van der Waals surface area contributed by atoms with Crippen molar-refractivity contribution in [2.24, 2.45) is 0 Å². The highest BCUT2D eigenvalue weighted by atomic mass is 35.5. The molecular formula is C27H18ClNO2S2. The quantitative estimate of drug-likeness (QED) is 0.268. The van der Waals surface area contributed by atoms with E-state index in [1.165, 1.54) is 4.90 Å². The average molecular weight is 488 g/mol. The lowest BCUT2D eigenvalue weighted by Gasteiger charge is -2.14. The number of imide groups is 1. The second-order valence-corrected chi connectivity index (χ2v) is 10.0. The lowest BCUT2D eigenvalue weighted by molar-refractivity contribution is -0.123. The van der Waals surface area contributed by atoms with Crippen molar-refractivity contribution in [3.8, 4) is 0 Å². The summed E-state index contributed by atoms with van der Waals surface area (Å²) in [6.45, 7) is 0.254. The third kappa shape index (κ3) is 4.71. The van der Waals surface area contributed by atoms with E-state index in [9.17, 15) is 9.59 Å². The Kier molecular flexibility index (Phi) is 6.27. The number of benzene rings is 4. The molecule has 4 aromatic rings. The van der Waals surface area contributed by atoms with Crippen LogP contribution in [0.5, 0.6) is 0 Å². The zero-order valence-corrected chi connectivity index (χ0v) is 19.8. The number of carbonyl (C=O) groups is 2. The van der Waals surface area contributed by atoms with Gasteiger partial charge in [-0.1, -0.05) is 84.0 Å². The van der Waals surface area contributed by atoms with Crippen LogP contribution in [0.1, 0.15) is 11.1 Å². The van der Waals surface area contributed by atoms with E-state index in [1.807, 2.05) is 97.1 Å². The Balaban J connectivity index is 1.41. The van der Waals surface area contributed by atoms with Crippen molar-refractivity contribution in [2.75, 3.05) is 0 Å². The summed E-state index contributed by atoms with van der Waals surface area (Å²) < 4.78 is 0. The van der Waals surface area contributed by atoms with Gasteiger partial charge in [-0.05, 0) is 70.1 Å². The Hall–Kier alpha value is -2.99. The average Bonchev–Trinajstić information content (AvgIpc) is 3.09. The van der Waals surface area contributed by atoms with Crippen LogP contribution in [-0.2, 0) is 11.3 Å². The molecule has 3 nitrogen and oxygen atoms in total. The molecule has 4 aromatic carbocycles.